The van der Waals surface area contributed by atoms with Crippen LogP contribution in [0.4, 0.5) is 0 Å². The molecule has 13 heavy (non-hydrogen) atoms. The van der Waals surface area contributed by atoms with Gasteiger partial charge in [-0.15, -0.1) is 0 Å². The number of ether oxygens (including phenoxy) is 1. The van der Waals surface area contributed by atoms with Crippen molar-refractivity contribution in [2.75, 3.05) is 13.2 Å². The lowest BCUT2D eigenvalue weighted by Crippen LogP contribution is -2.40. The van der Waals surface area contributed by atoms with Crippen LogP contribution in [0.1, 0.15) is 32.6 Å². The lowest BCUT2D eigenvalue weighted by molar-refractivity contribution is -0.141. The van der Waals surface area contributed by atoms with Crippen LogP contribution < -0.4 is 0 Å². The Morgan fingerprint density at radius 3 is 2.77 bits per heavy atom. The van der Waals surface area contributed by atoms with E-state index < -0.39 is 0 Å². The van der Waals surface area contributed by atoms with E-state index in [1.54, 1.807) is 0 Å². The van der Waals surface area contributed by atoms with Gasteiger partial charge in [0.2, 0.25) is 0 Å². The Labute approximate surface area is 79.0 Å². The molecule has 2 aliphatic heterocycles. The van der Waals surface area contributed by atoms with Gasteiger partial charge in [-0.25, -0.2) is 0 Å². The van der Waals surface area contributed by atoms with E-state index >= 15 is 0 Å². The monoisotopic (exact) mass is 183 g/mol. The Bertz CT molecular complexity index is 199. The third-order valence-electron chi connectivity index (χ3n) is 3.04. The normalized spacial score (nSPS) is 34.1. The first kappa shape index (κ1) is 9.00. The maximum absolute atomic E-state index is 11.9. The quantitative estimate of drug-likeness (QED) is 0.611. The maximum Gasteiger partial charge on any atom is 0.251 e. The summed E-state index contributed by atoms with van der Waals surface area (Å²) < 4.78 is 5.38. The molecule has 0 aromatic rings. The van der Waals surface area contributed by atoms with Gasteiger partial charge in [0.15, 0.2) is 0 Å². The van der Waals surface area contributed by atoms with Crippen LogP contribution in [0, 0.1) is 0 Å². The van der Waals surface area contributed by atoms with Gasteiger partial charge in [0, 0.05) is 19.2 Å². The van der Waals surface area contributed by atoms with Crippen LogP contribution in [0.15, 0.2) is 0 Å². The van der Waals surface area contributed by atoms with Gasteiger partial charge in [-0.05, 0) is 32.6 Å². The molecule has 0 bridgehead atoms. The third kappa shape index (κ3) is 1.70. The van der Waals surface area contributed by atoms with Gasteiger partial charge >= 0.3 is 0 Å². The van der Waals surface area contributed by atoms with Gasteiger partial charge in [0.25, 0.3) is 5.91 Å². The van der Waals surface area contributed by atoms with Crippen molar-refractivity contribution in [3.8, 4) is 0 Å². The smallest absolute Gasteiger partial charge is 0.251 e. The SMILES string of the molecule is CC1CCCN1C(=O)C1CCCO1. The molecule has 0 aliphatic carbocycles. The predicted octanol–water partition coefficient (Wildman–Crippen LogP) is 1.18. The lowest BCUT2D eigenvalue weighted by atomic mass is 10.2. The topological polar surface area (TPSA) is 29.5 Å². The zero-order valence-electron chi connectivity index (χ0n) is 8.16. The number of hydrogen-bond acceptors (Lipinski definition) is 2. The van der Waals surface area contributed by atoms with Crippen LogP contribution in [0.5, 0.6) is 0 Å². The van der Waals surface area contributed by atoms with Crippen molar-refractivity contribution >= 4 is 5.91 Å². The summed E-state index contributed by atoms with van der Waals surface area (Å²) in [7, 11) is 0. The molecule has 3 nitrogen and oxygen atoms in total. The molecular weight excluding hydrogens is 166 g/mol. The number of likely N-dealkylation sites (tertiary alicyclic amines) is 1. The molecule has 2 fully saturated rings. The molecular formula is C10H17NO2. The number of amides is 1. The fraction of sp³-hybridized carbons (Fsp3) is 0.900. The molecule has 2 aliphatic rings. The average Bonchev–Trinajstić information content (AvgIpc) is 2.72. The van der Waals surface area contributed by atoms with E-state index in [1.165, 1.54) is 0 Å². The fourth-order valence-corrected chi connectivity index (χ4v) is 2.22. The zero-order chi connectivity index (χ0) is 9.26. The molecule has 74 valence electrons. The molecule has 2 rings (SSSR count). The van der Waals surface area contributed by atoms with Crippen molar-refractivity contribution in [1.82, 2.24) is 4.90 Å². The highest BCUT2D eigenvalue weighted by Gasteiger charge is 2.32. The van der Waals surface area contributed by atoms with Gasteiger partial charge in [0.1, 0.15) is 6.10 Å². The Balaban J connectivity index is 1.95. The summed E-state index contributed by atoms with van der Waals surface area (Å²) in [5.74, 6) is 0.225. The maximum atomic E-state index is 11.9. The lowest BCUT2D eigenvalue weighted by Gasteiger charge is -2.24. The largest absolute Gasteiger partial charge is 0.368 e. The number of carbonyl (C=O) groups excluding carboxylic acids is 1. The summed E-state index contributed by atoms with van der Waals surface area (Å²) in [6.45, 7) is 3.82. The second-order valence-corrected chi connectivity index (χ2v) is 4.02. The molecule has 0 radical (unpaired) electrons. The van der Waals surface area contributed by atoms with Crippen molar-refractivity contribution in [1.29, 1.82) is 0 Å². The van der Waals surface area contributed by atoms with Crippen LogP contribution in [-0.2, 0) is 9.53 Å². The Morgan fingerprint density at radius 2 is 2.23 bits per heavy atom. The minimum absolute atomic E-state index is 0.124. The van der Waals surface area contributed by atoms with Crippen molar-refractivity contribution in [3.63, 3.8) is 0 Å². The second-order valence-electron chi connectivity index (χ2n) is 4.02. The van der Waals surface area contributed by atoms with Gasteiger partial charge < -0.3 is 9.64 Å². The van der Waals surface area contributed by atoms with Crippen LogP contribution in [0.2, 0.25) is 0 Å². The molecule has 1 amide bonds. The first-order chi connectivity index (χ1) is 6.29. The van der Waals surface area contributed by atoms with Gasteiger partial charge in [-0.1, -0.05) is 0 Å². The van der Waals surface area contributed by atoms with Crippen molar-refractivity contribution in [3.05, 3.63) is 0 Å². The summed E-state index contributed by atoms with van der Waals surface area (Å²) in [4.78, 5) is 13.8. The standard InChI is InChI=1S/C10H17NO2/c1-8-4-2-6-11(8)10(12)9-5-3-7-13-9/h8-9H,2-7H2,1H3. The van der Waals surface area contributed by atoms with Crippen molar-refractivity contribution < 1.29 is 9.53 Å². The van der Waals surface area contributed by atoms with Crippen molar-refractivity contribution in [2.24, 2.45) is 0 Å². The van der Waals surface area contributed by atoms with Gasteiger partial charge in [-0.2, -0.15) is 0 Å². The number of hydrogen-bond donors (Lipinski definition) is 0. The van der Waals surface area contributed by atoms with Crippen LogP contribution >= 0.6 is 0 Å². The summed E-state index contributed by atoms with van der Waals surface area (Å²) in [6, 6.07) is 0.427. The highest BCUT2D eigenvalue weighted by Crippen LogP contribution is 2.21. The second kappa shape index (κ2) is 3.66. The molecule has 0 aromatic heterocycles. The Kier molecular flexibility index (Phi) is 2.54. The molecule has 0 spiro atoms. The molecule has 0 saturated carbocycles. The highest BCUT2D eigenvalue weighted by molar-refractivity contribution is 5.81. The van der Waals surface area contributed by atoms with E-state index in [0.29, 0.717) is 6.04 Å². The predicted molar refractivity (Wildman–Crippen MR) is 49.4 cm³/mol. The Morgan fingerprint density at radius 1 is 1.38 bits per heavy atom. The Hall–Kier alpha value is -0.570. The van der Waals surface area contributed by atoms with E-state index in [4.69, 9.17) is 4.74 Å². The first-order valence-corrected chi connectivity index (χ1v) is 5.21. The number of nitrogens with zero attached hydrogens (tertiary/aromatic N) is 1. The van der Waals surface area contributed by atoms with Crippen LogP contribution in [-0.4, -0.2) is 36.1 Å². The van der Waals surface area contributed by atoms with E-state index in [2.05, 4.69) is 6.92 Å². The van der Waals surface area contributed by atoms with Crippen LogP contribution in [0.3, 0.4) is 0 Å². The average molecular weight is 183 g/mol. The number of carbonyl (C=O) groups is 1. The van der Waals surface area contributed by atoms with E-state index in [9.17, 15) is 4.79 Å². The highest BCUT2D eigenvalue weighted by atomic mass is 16.5. The fourth-order valence-electron chi connectivity index (χ4n) is 2.22. The summed E-state index contributed by atoms with van der Waals surface area (Å²) >= 11 is 0. The summed E-state index contributed by atoms with van der Waals surface area (Å²) in [5.41, 5.74) is 0. The summed E-state index contributed by atoms with van der Waals surface area (Å²) in [6.07, 6.45) is 4.14. The van der Waals surface area contributed by atoms with Gasteiger partial charge in [-0.3, -0.25) is 4.79 Å². The van der Waals surface area contributed by atoms with E-state index in [-0.39, 0.29) is 12.0 Å². The first-order valence-electron chi connectivity index (χ1n) is 5.21. The summed E-state index contributed by atoms with van der Waals surface area (Å²) in [5, 5.41) is 0. The van der Waals surface area contributed by atoms with E-state index in [0.717, 1.165) is 38.8 Å². The zero-order valence-corrected chi connectivity index (χ0v) is 8.16. The molecule has 3 heteroatoms. The van der Waals surface area contributed by atoms with E-state index in [1.807, 2.05) is 4.90 Å². The van der Waals surface area contributed by atoms with Crippen molar-refractivity contribution in [2.45, 2.75) is 44.8 Å². The molecule has 2 heterocycles. The molecule has 0 aromatic carbocycles. The van der Waals surface area contributed by atoms with Gasteiger partial charge in [0.05, 0.1) is 0 Å². The molecule has 2 atom stereocenters. The number of rotatable bonds is 1. The minimum atomic E-state index is -0.124. The minimum Gasteiger partial charge on any atom is -0.368 e. The third-order valence-corrected chi connectivity index (χ3v) is 3.04. The molecule has 0 N–H and O–H groups in total. The molecule has 2 unspecified atom stereocenters. The molecule has 2 saturated heterocycles. The van der Waals surface area contributed by atoms with Crippen LogP contribution in [0.25, 0.3) is 0 Å².